The van der Waals surface area contributed by atoms with E-state index in [2.05, 4.69) is 0 Å². The molecule has 56 heavy (non-hydrogen) atoms. The molecule has 0 aliphatic carbocycles. The molecule has 4 aliphatic rings. The summed E-state index contributed by atoms with van der Waals surface area (Å²) in [6, 6.07) is 20.0. The lowest BCUT2D eigenvalue weighted by Gasteiger charge is -2.28. The van der Waals surface area contributed by atoms with Crippen molar-refractivity contribution in [2.75, 3.05) is 26.4 Å². The Bertz CT molecular complexity index is 1620. The predicted octanol–water partition coefficient (Wildman–Crippen LogP) is 7.15. The van der Waals surface area contributed by atoms with Gasteiger partial charge in [0.2, 0.25) is 0 Å². The SMILES string of the molecule is C[C@@H](N)[C@@H]1OCCc2c(F)cccc21.C[C@@H](N)[C@H]1OCCc2c(F)cccc21.C[C@H](N)[C@@H]1OCCc2c(F)cccc21.C[C@H](N)[C@H]1OCCc2c(F)cccc21. The van der Waals surface area contributed by atoms with Gasteiger partial charge in [-0.3, -0.25) is 0 Å². The van der Waals surface area contributed by atoms with E-state index in [4.69, 9.17) is 41.9 Å². The fraction of sp³-hybridized carbons (Fsp3) is 0.455. The van der Waals surface area contributed by atoms with Crippen molar-refractivity contribution >= 4 is 0 Å². The van der Waals surface area contributed by atoms with Gasteiger partial charge in [0.1, 0.15) is 23.3 Å². The first-order chi connectivity index (χ1) is 26.8. The normalized spacial score (nSPS) is 22.9. The molecule has 0 radical (unpaired) electrons. The van der Waals surface area contributed by atoms with Gasteiger partial charge in [-0.2, -0.15) is 0 Å². The molecular weight excluding hydrogens is 724 g/mol. The van der Waals surface area contributed by atoms with Crippen molar-refractivity contribution in [2.24, 2.45) is 22.9 Å². The molecule has 0 fully saturated rings. The highest BCUT2D eigenvalue weighted by molar-refractivity contribution is 5.36. The van der Waals surface area contributed by atoms with Gasteiger partial charge in [-0.15, -0.1) is 0 Å². The number of hydrogen-bond donors (Lipinski definition) is 4. The Morgan fingerprint density at radius 3 is 0.768 bits per heavy atom. The molecule has 0 aromatic heterocycles. The Morgan fingerprint density at radius 1 is 0.393 bits per heavy atom. The van der Waals surface area contributed by atoms with E-state index in [9.17, 15) is 17.6 Å². The van der Waals surface area contributed by atoms with Crippen LogP contribution in [0.4, 0.5) is 17.6 Å². The van der Waals surface area contributed by atoms with E-state index in [-0.39, 0.29) is 71.9 Å². The first-order valence-corrected chi connectivity index (χ1v) is 19.4. The molecule has 4 aliphatic heterocycles. The van der Waals surface area contributed by atoms with Gasteiger partial charge in [-0.05, 0) is 122 Å². The van der Waals surface area contributed by atoms with Crippen molar-refractivity contribution in [3.8, 4) is 0 Å². The van der Waals surface area contributed by atoms with Crippen molar-refractivity contribution in [1.29, 1.82) is 0 Å². The summed E-state index contributed by atoms with van der Waals surface area (Å²) in [4.78, 5) is 0. The average Bonchev–Trinajstić information content (AvgIpc) is 3.18. The van der Waals surface area contributed by atoms with Crippen LogP contribution in [-0.4, -0.2) is 50.6 Å². The van der Waals surface area contributed by atoms with Crippen LogP contribution in [0, 0.1) is 23.3 Å². The maximum atomic E-state index is 13.4. The maximum absolute atomic E-state index is 13.4. The van der Waals surface area contributed by atoms with E-state index >= 15 is 0 Å². The van der Waals surface area contributed by atoms with Crippen LogP contribution in [0.3, 0.4) is 0 Å². The van der Waals surface area contributed by atoms with E-state index in [1.54, 1.807) is 24.3 Å². The third-order valence-electron chi connectivity index (χ3n) is 10.4. The smallest absolute Gasteiger partial charge is 0.126 e. The second-order valence-electron chi connectivity index (χ2n) is 14.8. The molecule has 304 valence electrons. The predicted molar refractivity (Wildman–Crippen MR) is 210 cm³/mol. The number of fused-ring (bicyclic) bond motifs is 4. The largest absolute Gasteiger partial charge is 0.372 e. The third kappa shape index (κ3) is 10.4. The lowest BCUT2D eigenvalue weighted by Crippen LogP contribution is -2.31. The lowest BCUT2D eigenvalue weighted by atomic mass is 9.94. The fourth-order valence-electron chi connectivity index (χ4n) is 7.67. The fourth-order valence-corrected chi connectivity index (χ4v) is 7.67. The number of ether oxygens (including phenoxy) is 4. The van der Waals surface area contributed by atoms with Crippen LogP contribution < -0.4 is 22.9 Å². The zero-order valence-corrected chi connectivity index (χ0v) is 32.7. The van der Waals surface area contributed by atoms with Crippen LogP contribution in [0.25, 0.3) is 0 Å². The second kappa shape index (κ2) is 20.1. The van der Waals surface area contributed by atoms with Gasteiger partial charge in [0.15, 0.2) is 0 Å². The summed E-state index contributed by atoms with van der Waals surface area (Å²) >= 11 is 0. The topological polar surface area (TPSA) is 141 Å². The summed E-state index contributed by atoms with van der Waals surface area (Å²) in [5.74, 6) is -0.569. The zero-order valence-electron chi connectivity index (χ0n) is 32.7. The van der Waals surface area contributed by atoms with Gasteiger partial charge >= 0.3 is 0 Å². The van der Waals surface area contributed by atoms with E-state index in [1.807, 2.05) is 52.0 Å². The second-order valence-corrected chi connectivity index (χ2v) is 14.8. The van der Waals surface area contributed by atoms with E-state index in [1.165, 1.54) is 24.3 Å². The quantitative estimate of drug-likeness (QED) is 0.160. The van der Waals surface area contributed by atoms with Gasteiger partial charge in [0, 0.05) is 24.2 Å². The van der Waals surface area contributed by atoms with Crippen molar-refractivity contribution in [3.63, 3.8) is 0 Å². The molecule has 0 saturated carbocycles. The molecule has 0 saturated heterocycles. The molecule has 0 amide bonds. The van der Waals surface area contributed by atoms with Gasteiger partial charge in [0.25, 0.3) is 0 Å². The van der Waals surface area contributed by atoms with Crippen molar-refractivity contribution in [3.05, 3.63) is 141 Å². The van der Waals surface area contributed by atoms with Crippen LogP contribution in [0.1, 0.15) is 96.6 Å². The third-order valence-corrected chi connectivity index (χ3v) is 10.4. The highest BCUT2D eigenvalue weighted by Crippen LogP contribution is 2.33. The van der Waals surface area contributed by atoms with Gasteiger partial charge in [-0.1, -0.05) is 48.5 Å². The Balaban J connectivity index is 0.000000143. The molecule has 8 rings (SSSR count). The highest BCUT2D eigenvalue weighted by atomic mass is 19.1. The summed E-state index contributed by atoms with van der Waals surface area (Å²) < 4.78 is 75.8. The van der Waals surface area contributed by atoms with Crippen LogP contribution >= 0.6 is 0 Å². The molecule has 8 atom stereocenters. The van der Waals surface area contributed by atoms with E-state index < -0.39 is 0 Å². The molecule has 0 bridgehead atoms. The van der Waals surface area contributed by atoms with Crippen LogP contribution in [0.15, 0.2) is 72.8 Å². The Kier molecular flexibility index (Phi) is 15.6. The molecule has 8 nitrogen and oxygen atoms in total. The van der Waals surface area contributed by atoms with Crippen LogP contribution in [0.2, 0.25) is 0 Å². The zero-order chi connectivity index (χ0) is 40.5. The summed E-state index contributed by atoms with van der Waals surface area (Å²) in [6.45, 7) is 9.74. The standard InChI is InChI=1S/4C11H14FNO/c4*1-7(13)11-9-3-2-4-10(12)8(9)5-6-14-11/h4*2-4,7,11H,5-6,13H2,1H3/t2*7-,11+;2*7-,11-/m1010/s1. The van der Waals surface area contributed by atoms with Crippen LogP contribution in [0.5, 0.6) is 0 Å². The minimum Gasteiger partial charge on any atom is -0.372 e. The number of halogens is 4. The Morgan fingerprint density at radius 2 is 0.589 bits per heavy atom. The number of rotatable bonds is 4. The number of nitrogens with two attached hydrogens (primary N) is 4. The molecule has 4 aromatic rings. The summed E-state index contributed by atoms with van der Waals surface area (Å²) in [5.41, 5.74) is 29.8. The number of benzene rings is 4. The highest BCUT2D eigenvalue weighted by Gasteiger charge is 2.28. The molecule has 8 N–H and O–H groups in total. The summed E-state index contributed by atoms with van der Waals surface area (Å²) in [7, 11) is 0. The first-order valence-electron chi connectivity index (χ1n) is 19.4. The molecule has 0 spiro atoms. The molecule has 4 heterocycles. The Hall–Kier alpha value is -3.72. The van der Waals surface area contributed by atoms with Crippen molar-refractivity contribution in [2.45, 2.75) is 102 Å². The van der Waals surface area contributed by atoms with Gasteiger partial charge in [0.05, 0.1) is 50.8 Å². The monoisotopic (exact) mass is 780 g/mol. The van der Waals surface area contributed by atoms with Crippen molar-refractivity contribution < 1.29 is 36.5 Å². The molecule has 4 aromatic carbocycles. The first kappa shape index (κ1) is 43.4. The molecule has 12 heteroatoms. The number of hydrogen-bond acceptors (Lipinski definition) is 8. The minimum absolute atomic E-state index is 0.101. The van der Waals surface area contributed by atoms with E-state index in [0.717, 1.165) is 44.5 Å². The van der Waals surface area contributed by atoms with Crippen molar-refractivity contribution in [1.82, 2.24) is 0 Å². The summed E-state index contributed by atoms with van der Waals surface area (Å²) in [6.07, 6.45) is 1.94. The van der Waals surface area contributed by atoms with Crippen LogP contribution in [-0.2, 0) is 44.6 Å². The Labute approximate surface area is 327 Å². The van der Waals surface area contributed by atoms with Gasteiger partial charge < -0.3 is 41.9 Å². The maximum Gasteiger partial charge on any atom is 0.126 e. The summed E-state index contributed by atoms with van der Waals surface area (Å²) in [5, 5.41) is 0. The average molecular weight is 781 g/mol. The minimum atomic E-state index is -0.158. The van der Waals surface area contributed by atoms with Gasteiger partial charge in [-0.25, -0.2) is 17.6 Å². The van der Waals surface area contributed by atoms with E-state index in [0.29, 0.717) is 52.1 Å². The molecule has 0 unspecified atom stereocenters. The molecular formula is C44H56F4N4O4. The lowest BCUT2D eigenvalue weighted by molar-refractivity contribution is 0.0274.